The lowest BCUT2D eigenvalue weighted by molar-refractivity contribution is -0.870. The van der Waals surface area contributed by atoms with Crippen molar-refractivity contribution < 1.29 is 32.9 Å². The molecule has 0 bridgehead atoms. The number of aliphatic hydroxyl groups excluding tert-OH is 1. The van der Waals surface area contributed by atoms with Crippen LogP contribution in [0.15, 0.2) is 109 Å². The molecular formula is C55H95N2O6P. The van der Waals surface area contributed by atoms with Gasteiger partial charge >= 0.3 is 0 Å². The van der Waals surface area contributed by atoms with E-state index >= 15 is 0 Å². The van der Waals surface area contributed by atoms with Gasteiger partial charge in [-0.25, -0.2) is 0 Å². The van der Waals surface area contributed by atoms with Gasteiger partial charge in [-0.05, 0) is 77.0 Å². The molecule has 0 fully saturated rings. The molecule has 8 nitrogen and oxygen atoms in total. The summed E-state index contributed by atoms with van der Waals surface area (Å²) in [5.74, 6) is -0.215. The summed E-state index contributed by atoms with van der Waals surface area (Å²) in [6, 6.07) is -0.887. The van der Waals surface area contributed by atoms with Crippen LogP contribution in [0.2, 0.25) is 0 Å². The zero-order valence-electron chi connectivity index (χ0n) is 41.4. The highest BCUT2D eigenvalue weighted by Gasteiger charge is 2.23. The topological polar surface area (TPSA) is 108 Å². The maximum atomic E-state index is 12.7. The van der Waals surface area contributed by atoms with Gasteiger partial charge in [-0.2, -0.15) is 0 Å². The summed E-state index contributed by atoms with van der Waals surface area (Å²) in [6.07, 6.45) is 66.9. The minimum Gasteiger partial charge on any atom is -0.756 e. The molecule has 366 valence electrons. The Kier molecular flexibility index (Phi) is 43.3. The second-order valence-electron chi connectivity index (χ2n) is 17.8. The number of carbonyl (C=O) groups is 1. The number of hydrogen-bond acceptors (Lipinski definition) is 6. The lowest BCUT2D eigenvalue weighted by Crippen LogP contribution is -2.45. The van der Waals surface area contributed by atoms with Crippen LogP contribution < -0.4 is 10.2 Å². The molecule has 0 radical (unpaired) electrons. The fraction of sp³-hybridized carbons (Fsp3) is 0.655. The van der Waals surface area contributed by atoms with Crippen LogP contribution >= 0.6 is 7.82 Å². The normalized spacial score (nSPS) is 15.0. The smallest absolute Gasteiger partial charge is 0.268 e. The molecule has 0 aromatic carbocycles. The summed E-state index contributed by atoms with van der Waals surface area (Å²) in [7, 11) is 1.24. The number of carbonyl (C=O) groups excluding carboxylic acids is 1. The van der Waals surface area contributed by atoms with E-state index in [4.69, 9.17) is 9.05 Å². The maximum absolute atomic E-state index is 12.7. The average Bonchev–Trinajstić information content (AvgIpc) is 3.25. The van der Waals surface area contributed by atoms with Crippen LogP contribution in [-0.2, 0) is 18.4 Å². The number of unbranched alkanes of at least 4 members (excludes halogenated alkanes) is 15. The van der Waals surface area contributed by atoms with E-state index in [1.54, 1.807) is 6.08 Å². The summed E-state index contributed by atoms with van der Waals surface area (Å²) < 4.78 is 22.9. The zero-order chi connectivity index (χ0) is 47.1. The highest BCUT2D eigenvalue weighted by Crippen LogP contribution is 2.38. The van der Waals surface area contributed by atoms with E-state index in [0.717, 1.165) is 83.5 Å². The van der Waals surface area contributed by atoms with Gasteiger partial charge in [-0.1, -0.05) is 207 Å². The highest BCUT2D eigenvalue weighted by molar-refractivity contribution is 7.45. The Balaban J connectivity index is 3.79. The predicted octanol–water partition coefficient (Wildman–Crippen LogP) is 14.2. The van der Waals surface area contributed by atoms with E-state index < -0.39 is 20.0 Å². The Hall–Kier alpha value is -2.84. The van der Waals surface area contributed by atoms with Crippen molar-refractivity contribution in [3.63, 3.8) is 0 Å². The van der Waals surface area contributed by atoms with Crippen LogP contribution in [0.1, 0.15) is 181 Å². The van der Waals surface area contributed by atoms with Gasteiger partial charge in [-0.15, -0.1) is 0 Å². The number of rotatable bonds is 44. The maximum Gasteiger partial charge on any atom is 0.268 e. The second kappa shape index (κ2) is 45.3. The molecule has 64 heavy (non-hydrogen) atoms. The van der Waals surface area contributed by atoms with E-state index in [1.807, 2.05) is 34.1 Å². The predicted molar refractivity (Wildman–Crippen MR) is 274 cm³/mol. The largest absolute Gasteiger partial charge is 0.756 e. The Morgan fingerprint density at radius 2 is 0.953 bits per heavy atom. The number of quaternary nitrogens is 1. The minimum absolute atomic E-state index is 0.00688. The third kappa shape index (κ3) is 47.1. The number of aliphatic hydroxyl groups is 1. The molecule has 0 aliphatic rings. The number of nitrogens with zero attached hydrogens (tertiary/aromatic N) is 1. The molecule has 1 amide bonds. The Morgan fingerprint density at radius 1 is 0.562 bits per heavy atom. The monoisotopic (exact) mass is 911 g/mol. The molecule has 0 saturated heterocycles. The Bertz CT molecular complexity index is 1400. The van der Waals surface area contributed by atoms with Crippen LogP contribution in [0.3, 0.4) is 0 Å². The van der Waals surface area contributed by atoms with E-state index in [2.05, 4.69) is 109 Å². The molecule has 3 unspecified atom stereocenters. The van der Waals surface area contributed by atoms with Gasteiger partial charge in [0.1, 0.15) is 13.2 Å². The van der Waals surface area contributed by atoms with Gasteiger partial charge in [0.15, 0.2) is 0 Å². The molecule has 0 heterocycles. The molecule has 9 heteroatoms. The Labute approximate surface area is 393 Å². The van der Waals surface area contributed by atoms with Gasteiger partial charge in [0.25, 0.3) is 7.82 Å². The van der Waals surface area contributed by atoms with Crippen molar-refractivity contribution >= 4 is 13.7 Å². The highest BCUT2D eigenvalue weighted by atomic mass is 31.2. The van der Waals surface area contributed by atoms with Crippen molar-refractivity contribution in [3.05, 3.63) is 109 Å². The first-order chi connectivity index (χ1) is 31.0. The lowest BCUT2D eigenvalue weighted by atomic mass is 10.0. The van der Waals surface area contributed by atoms with Crippen LogP contribution in [0.5, 0.6) is 0 Å². The molecule has 0 aliphatic heterocycles. The zero-order valence-corrected chi connectivity index (χ0v) is 42.3. The Morgan fingerprint density at radius 3 is 1.36 bits per heavy atom. The SMILES string of the molecule is CC/C=C\C/C=C\C/C=C\C/C=C\C/C=C\C/C=C\C/C=C\C/C=C\CCCCCCCCCCCCCCCCC(=O)NC(COP(=O)([O-])OCC[N+](C)(C)C)C(O)/C=C/CCC. The first kappa shape index (κ1) is 61.2. The number of hydrogen-bond donors (Lipinski definition) is 2. The summed E-state index contributed by atoms with van der Waals surface area (Å²) in [4.78, 5) is 25.0. The standard InChI is InChI=1S/C55H95N2O6P/c1-6-8-10-11-12-13-14-15-16-17-18-19-20-21-22-23-24-25-26-27-28-29-30-31-32-33-34-35-36-37-38-39-40-41-42-43-44-45-47-49-55(59)56-53(54(58)48-46-9-7-2)52-63-64(60,61)62-51-50-57(3,4)5/h8,10,12-13,15-16,18-19,21-22,24-25,27-28,30-31,46,48,53-54,58H,6-7,9,11,14,17,20,23,26,29,32-45,47,49-52H2,1-5H3,(H-,56,59,60,61)/b10-8-,13-12-,16-15-,19-18-,22-21-,25-24-,28-27-,31-30-,48-46+. The molecule has 0 spiro atoms. The number of likely N-dealkylation sites (N-methyl/N-ethyl adjacent to an activating group) is 1. The van der Waals surface area contributed by atoms with E-state index in [-0.39, 0.29) is 19.1 Å². The van der Waals surface area contributed by atoms with Crippen molar-refractivity contribution in [2.45, 2.75) is 193 Å². The average molecular weight is 911 g/mol. The van der Waals surface area contributed by atoms with Crippen LogP contribution in [-0.4, -0.2) is 68.5 Å². The van der Waals surface area contributed by atoms with Crippen molar-refractivity contribution in [2.24, 2.45) is 0 Å². The summed E-state index contributed by atoms with van der Waals surface area (Å²) in [5, 5.41) is 13.4. The molecule has 0 saturated carbocycles. The van der Waals surface area contributed by atoms with Crippen molar-refractivity contribution in [1.29, 1.82) is 0 Å². The number of allylic oxidation sites excluding steroid dienone is 17. The van der Waals surface area contributed by atoms with Crippen molar-refractivity contribution in [1.82, 2.24) is 5.32 Å². The van der Waals surface area contributed by atoms with Gasteiger partial charge in [0.05, 0.1) is 39.9 Å². The molecule has 0 rings (SSSR count). The van der Waals surface area contributed by atoms with Crippen molar-refractivity contribution in [2.75, 3.05) is 40.9 Å². The molecule has 2 N–H and O–H groups in total. The van der Waals surface area contributed by atoms with Crippen LogP contribution in [0, 0.1) is 0 Å². The lowest BCUT2D eigenvalue weighted by Gasteiger charge is -2.29. The van der Waals surface area contributed by atoms with Crippen molar-refractivity contribution in [3.8, 4) is 0 Å². The molecule has 0 aliphatic carbocycles. The van der Waals surface area contributed by atoms with E-state index in [1.165, 1.54) is 77.0 Å². The van der Waals surface area contributed by atoms with Gasteiger partial charge in [-0.3, -0.25) is 9.36 Å². The number of phosphoric acid groups is 1. The van der Waals surface area contributed by atoms with Crippen LogP contribution in [0.4, 0.5) is 0 Å². The van der Waals surface area contributed by atoms with Gasteiger partial charge < -0.3 is 28.8 Å². The second-order valence-corrected chi connectivity index (χ2v) is 19.2. The first-order valence-corrected chi connectivity index (χ1v) is 26.7. The molecule has 0 aromatic heterocycles. The molecular weight excluding hydrogens is 816 g/mol. The minimum atomic E-state index is -4.57. The third-order valence-corrected chi connectivity index (χ3v) is 11.4. The number of nitrogens with one attached hydrogen (secondary N) is 1. The van der Waals surface area contributed by atoms with Gasteiger partial charge in [0, 0.05) is 6.42 Å². The van der Waals surface area contributed by atoms with Crippen LogP contribution in [0.25, 0.3) is 0 Å². The summed E-state index contributed by atoms with van der Waals surface area (Å²) in [5.41, 5.74) is 0. The fourth-order valence-corrected chi connectivity index (χ4v) is 7.25. The number of phosphoric ester groups is 1. The fourth-order valence-electron chi connectivity index (χ4n) is 6.53. The number of amides is 1. The molecule has 3 atom stereocenters. The first-order valence-electron chi connectivity index (χ1n) is 25.2. The third-order valence-electron chi connectivity index (χ3n) is 10.5. The quantitative estimate of drug-likeness (QED) is 0.0273. The van der Waals surface area contributed by atoms with Gasteiger partial charge in [0.2, 0.25) is 5.91 Å². The summed E-state index contributed by atoms with van der Waals surface area (Å²) in [6.45, 7) is 4.29. The van der Waals surface area contributed by atoms with E-state index in [0.29, 0.717) is 17.4 Å². The van der Waals surface area contributed by atoms with E-state index in [9.17, 15) is 19.4 Å². The summed E-state index contributed by atoms with van der Waals surface area (Å²) >= 11 is 0. The molecule has 0 aromatic rings.